The lowest BCUT2D eigenvalue weighted by molar-refractivity contribution is -0.113. The third-order valence-electron chi connectivity index (χ3n) is 3.60. The van der Waals surface area contributed by atoms with E-state index in [-0.39, 0.29) is 18.3 Å². The smallest absolute Gasteiger partial charge is 0.234 e. The van der Waals surface area contributed by atoms with Crippen molar-refractivity contribution in [1.29, 1.82) is 0 Å². The SMILES string of the molecule is COc1ccc(OCc2nnc(SCC(=O)Nc3cccc(Cl)c3)n2N)cc1. The van der Waals surface area contributed by atoms with Crippen LogP contribution in [0, 0.1) is 0 Å². The van der Waals surface area contributed by atoms with Crippen molar-refractivity contribution >= 4 is 35.0 Å². The molecule has 0 atom stereocenters. The highest BCUT2D eigenvalue weighted by Gasteiger charge is 2.13. The molecule has 0 bridgehead atoms. The van der Waals surface area contributed by atoms with E-state index < -0.39 is 0 Å². The molecule has 28 heavy (non-hydrogen) atoms. The molecule has 1 amide bonds. The van der Waals surface area contributed by atoms with E-state index >= 15 is 0 Å². The Hall–Kier alpha value is -2.91. The van der Waals surface area contributed by atoms with Gasteiger partial charge in [-0.15, -0.1) is 10.2 Å². The number of carbonyl (C=O) groups excluding carboxylic acids is 1. The number of nitrogens with two attached hydrogens (primary N) is 1. The van der Waals surface area contributed by atoms with E-state index in [2.05, 4.69) is 15.5 Å². The lowest BCUT2D eigenvalue weighted by Crippen LogP contribution is -2.18. The highest BCUT2D eigenvalue weighted by Crippen LogP contribution is 2.20. The summed E-state index contributed by atoms with van der Waals surface area (Å²) in [6, 6.07) is 14.1. The van der Waals surface area contributed by atoms with Crippen molar-refractivity contribution in [2.45, 2.75) is 11.8 Å². The lowest BCUT2D eigenvalue weighted by atomic mass is 10.3. The summed E-state index contributed by atoms with van der Waals surface area (Å²) in [5.41, 5.74) is 0.626. The molecule has 1 heterocycles. The third kappa shape index (κ3) is 5.30. The van der Waals surface area contributed by atoms with Gasteiger partial charge in [0, 0.05) is 10.7 Å². The number of nitrogens with one attached hydrogen (secondary N) is 1. The molecule has 3 N–H and O–H groups in total. The maximum atomic E-state index is 12.1. The number of aromatic nitrogens is 3. The number of methoxy groups -OCH3 is 1. The zero-order valence-electron chi connectivity index (χ0n) is 15.0. The van der Waals surface area contributed by atoms with E-state index in [0.29, 0.717) is 27.4 Å². The molecule has 8 nitrogen and oxygen atoms in total. The maximum absolute atomic E-state index is 12.1. The Morgan fingerprint density at radius 2 is 1.96 bits per heavy atom. The molecule has 0 aliphatic rings. The number of benzene rings is 2. The Bertz CT molecular complexity index is 949. The summed E-state index contributed by atoms with van der Waals surface area (Å²) < 4.78 is 12.0. The van der Waals surface area contributed by atoms with Gasteiger partial charge in [0.2, 0.25) is 11.1 Å². The molecule has 1 aromatic heterocycles. The van der Waals surface area contributed by atoms with Gasteiger partial charge in [-0.3, -0.25) is 4.79 Å². The van der Waals surface area contributed by atoms with Gasteiger partial charge in [-0.1, -0.05) is 29.4 Å². The minimum absolute atomic E-state index is 0.126. The molecule has 0 fully saturated rings. The molecule has 10 heteroatoms. The number of anilines is 1. The summed E-state index contributed by atoms with van der Waals surface area (Å²) in [6.45, 7) is 0.144. The molecular weight excluding hydrogens is 402 g/mol. The average molecular weight is 420 g/mol. The van der Waals surface area contributed by atoms with Gasteiger partial charge in [-0.2, -0.15) is 0 Å². The maximum Gasteiger partial charge on any atom is 0.234 e. The summed E-state index contributed by atoms with van der Waals surface area (Å²) in [5.74, 6) is 7.75. The van der Waals surface area contributed by atoms with Gasteiger partial charge in [0.1, 0.15) is 18.1 Å². The van der Waals surface area contributed by atoms with Crippen LogP contribution in [0.4, 0.5) is 5.69 Å². The number of thioether (sulfide) groups is 1. The first-order chi connectivity index (χ1) is 13.5. The van der Waals surface area contributed by atoms with E-state index in [4.69, 9.17) is 26.9 Å². The number of ether oxygens (including phenoxy) is 2. The second-order valence-corrected chi connectivity index (χ2v) is 6.96. The van der Waals surface area contributed by atoms with Crippen LogP contribution in [0.3, 0.4) is 0 Å². The number of rotatable bonds is 8. The fraction of sp³-hybridized carbons (Fsp3) is 0.167. The average Bonchev–Trinajstić information content (AvgIpc) is 3.05. The van der Waals surface area contributed by atoms with Gasteiger partial charge in [-0.05, 0) is 42.5 Å². The first kappa shape index (κ1) is 19.8. The van der Waals surface area contributed by atoms with E-state index in [1.807, 2.05) is 0 Å². The zero-order chi connectivity index (χ0) is 19.9. The van der Waals surface area contributed by atoms with Gasteiger partial charge in [0.25, 0.3) is 0 Å². The molecule has 2 aromatic carbocycles. The first-order valence-electron chi connectivity index (χ1n) is 8.19. The van der Waals surface area contributed by atoms with Gasteiger partial charge < -0.3 is 20.6 Å². The Balaban J connectivity index is 1.51. The molecule has 3 aromatic rings. The Labute approximate surface area is 171 Å². The van der Waals surface area contributed by atoms with Crippen LogP contribution in [0.1, 0.15) is 5.82 Å². The zero-order valence-corrected chi connectivity index (χ0v) is 16.5. The largest absolute Gasteiger partial charge is 0.497 e. The standard InChI is InChI=1S/C18H18ClN5O3S/c1-26-14-5-7-15(8-6-14)27-10-16-22-23-18(24(16)20)28-11-17(25)21-13-4-2-3-12(19)9-13/h2-9H,10-11,20H2,1H3,(H,21,25). The van der Waals surface area contributed by atoms with E-state index in [1.165, 1.54) is 16.4 Å². The molecule has 0 aliphatic heterocycles. The Kier molecular flexibility index (Phi) is 6.62. The number of amides is 1. The summed E-state index contributed by atoms with van der Waals surface area (Å²) in [6.07, 6.45) is 0. The Morgan fingerprint density at radius 3 is 2.68 bits per heavy atom. The predicted molar refractivity (Wildman–Crippen MR) is 108 cm³/mol. The molecule has 0 unspecified atom stereocenters. The molecule has 0 radical (unpaired) electrons. The second-order valence-electron chi connectivity index (χ2n) is 5.58. The van der Waals surface area contributed by atoms with Crippen LogP contribution >= 0.6 is 23.4 Å². The monoisotopic (exact) mass is 419 g/mol. The topological polar surface area (TPSA) is 104 Å². The predicted octanol–water partition coefficient (Wildman–Crippen LogP) is 2.96. The van der Waals surface area contributed by atoms with E-state index in [1.54, 1.807) is 55.6 Å². The summed E-state index contributed by atoms with van der Waals surface area (Å²) >= 11 is 7.07. The molecule has 0 spiro atoms. The summed E-state index contributed by atoms with van der Waals surface area (Å²) in [7, 11) is 1.60. The van der Waals surface area contributed by atoms with E-state index in [9.17, 15) is 4.79 Å². The number of halogens is 1. The van der Waals surface area contributed by atoms with Gasteiger partial charge in [-0.25, -0.2) is 4.68 Å². The number of nitrogen functional groups attached to an aromatic ring is 1. The first-order valence-corrected chi connectivity index (χ1v) is 9.56. The lowest BCUT2D eigenvalue weighted by Gasteiger charge is -2.07. The van der Waals surface area contributed by atoms with Crippen LogP contribution in [0.2, 0.25) is 5.02 Å². The van der Waals surface area contributed by atoms with Crippen LogP contribution in [0.25, 0.3) is 0 Å². The molecule has 0 saturated heterocycles. The van der Waals surface area contributed by atoms with E-state index in [0.717, 1.165) is 5.75 Å². The number of hydrogen-bond acceptors (Lipinski definition) is 7. The number of hydrogen-bond donors (Lipinski definition) is 2. The van der Waals surface area contributed by atoms with Crippen molar-refractivity contribution in [3.8, 4) is 11.5 Å². The van der Waals surface area contributed by atoms with Crippen molar-refractivity contribution in [2.75, 3.05) is 24.0 Å². The quantitative estimate of drug-likeness (QED) is 0.427. The van der Waals surface area contributed by atoms with Crippen LogP contribution in [0.15, 0.2) is 53.7 Å². The summed E-state index contributed by atoms with van der Waals surface area (Å²) in [4.78, 5) is 12.1. The van der Waals surface area contributed by atoms with Crippen molar-refractivity contribution in [1.82, 2.24) is 14.9 Å². The second kappa shape index (κ2) is 9.34. The van der Waals surface area contributed by atoms with Gasteiger partial charge in [0.05, 0.1) is 12.9 Å². The van der Waals surface area contributed by atoms with Crippen molar-refractivity contribution < 1.29 is 14.3 Å². The van der Waals surface area contributed by atoms with Crippen molar-refractivity contribution in [3.63, 3.8) is 0 Å². The minimum Gasteiger partial charge on any atom is -0.497 e. The van der Waals surface area contributed by atoms with Crippen LogP contribution in [-0.4, -0.2) is 33.6 Å². The molecule has 0 saturated carbocycles. The van der Waals surface area contributed by atoms with Crippen LogP contribution < -0.4 is 20.6 Å². The normalized spacial score (nSPS) is 10.5. The van der Waals surface area contributed by atoms with Crippen LogP contribution in [-0.2, 0) is 11.4 Å². The van der Waals surface area contributed by atoms with Crippen molar-refractivity contribution in [2.24, 2.45) is 0 Å². The van der Waals surface area contributed by atoms with Gasteiger partial charge in [0.15, 0.2) is 5.82 Å². The van der Waals surface area contributed by atoms with Gasteiger partial charge >= 0.3 is 0 Å². The highest BCUT2D eigenvalue weighted by atomic mass is 35.5. The summed E-state index contributed by atoms with van der Waals surface area (Å²) in [5, 5.41) is 11.7. The number of carbonyl (C=O) groups is 1. The molecule has 146 valence electrons. The molecule has 0 aliphatic carbocycles. The van der Waals surface area contributed by atoms with Crippen LogP contribution in [0.5, 0.6) is 11.5 Å². The molecule has 3 rings (SSSR count). The third-order valence-corrected chi connectivity index (χ3v) is 4.78. The Morgan fingerprint density at radius 1 is 1.21 bits per heavy atom. The number of nitrogens with zero attached hydrogens (tertiary/aromatic N) is 3. The molecular formula is C18H18ClN5O3S. The fourth-order valence-electron chi connectivity index (χ4n) is 2.22. The minimum atomic E-state index is -0.203. The van der Waals surface area contributed by atoms with Crippen molar-refractivity contribution in [3.05, 3.63) is 59.4 Å². The fourth-order valence-corrected chi connectivity index (χ4v) is 3.08. The highest BCUT2D eigenvalue weighted by molar-refractivity contribution is 7.99.